The van der Waals surface area contributed by atoms with Crippen molar-refractivity contribution in [1.29, 1.82) is 0 Å². The van der Waals surface area contributed by atoms with Crippen LogP contribution in [0.2, 0.25) is 0 Å². The smallest absolute Gasteiger partial charge is 0.124 e. The van der Waals surface area contributed by atoms with E-state index >= 15 is 0 Å². The van der Waals surface area contributed by atoms with Gasteiger partial charge in [-0.2, -0.15) is 5.10 Å². The molecule has 8 nitrogen and oxygen atoms in total. The lowest BCUT2D eigenvalue weighted by molar-refractivity contribution is 0.394. The number of methoxy groups -OCH3 is 2. The predicted octanol–water partition coefficient (Wildman–Crippen LogP) is 4.84. The topological polar surface area (TPSA) is 78.2 Å². The number of ether oxygens (including phenoxy) is 2. The second-order valence-electron chi connectivity index (χ2n) is 7.41. The quantitative estimate of drug-likeness (QED) is 0.345. The molecule has 0 bridgehead atoms. The number of nitrogens with zero attached hydrogens (tertiary/aromatic N) is 6. The molecular formula is C24H22N6O2S. The molecule has 0 aliphatic heterocycles. The molecule has 0 amide bonds. The fourth-order valence-electron chi connectivity index (χ4n) is 3.61. The molecule has 9 heteroatoms. The first-order valence-electron chi connectivity index (χ1n) is 10.3. The molecule has 0 saturated heterocycles. The van der Waals surface area contributed by atoms with Gasteiger partial charge in [0.05, 0.1) is 49.9 Å². The summed E-state index contributed by atoms with van der Waals surface area (Å²) < 4.78 is 12.8. The molecule has 0 aliphatic rings. The normalized spacial score (nSPS) is 11.0. The zero-order valence-corrected chi connectivity index (χ0v) is 19.3. The van der Waals surface area contributed by atoms with E-state index in [4.69, 9.17) is 14.5 Å². The summed E-state index contributed by atoms with van der Waals surface area (Å²) in [5.74, 6) is 1.43. The molecule has 0 radical (unpaired) electrons. The number of hydrogen-bond donors (Lipinski definition) is 0. The maximum Gasteiger partial charge on any atom is 0.124 e. The van der Waals surface area contributed by atoms with E-state index in [2.05, 4.69) is 20.0 Å². The zero-order valence-electron chi connectivity index (χ0n) is 18.5. The number of fused-ring (bicyclic) bond motifs is 1. The number of anilines is 2. The summed E-state index contributed by atoms with van der Waals surface area (Å²) in [6.07, 6.45) is 7.31. The van der Waals surface area contributed by atoms with Crippen LogP contribution < -0.4 is 14.4 Å². The highest BCUT2D eigenvalue weighted by atomic mass is 32.1. The lowest BCUT2D eigenvalue weighted by atomic mass is 10.2. The monoisotopic (exact) mass is 458 g/mol. The number of hydrogen-bond acceptors (Lipinski definition) is 8. The molecule has 0 aliphatic carbocycles. The van der Waals surface area contributed by atoms with Crippen LogP contribution in [0.25, 0.3) is 22.3 Å². The minimum atomic E-state index is 0.592. The Morgan fingerprint density at radius 3 is 2.42 bits per heavy atom. The Bertz CT molecular complexity index is 1380. The summed E-state index contributed by atoms with van der Waals surface area (Å²) in [6, 6.07) is 11.9. The van der Waals surface area contributed by atoms with Crippen molar-refractivity contribution in [2.75, 3.05) is 19.1 Å². The van der Waals surface area contributed by atoms with Gasteiger partial charge in [0, 0.05) is 60.0 Å². The third-order valence-corrected chi connectivity index (χ3v) is 6.03. The lowest BCUT2D eigenvalue weighted by Gasteiger charge is -2.25. The Labute approximate surface area is 195 Å². The predicted molar refractivity (Wildman–Crippen MR) is 129 cm³/mol. The number of rotatable bonds is 7. The lowest BCUT2D eigenvalue weighted by Crippen LogP contribution is -2.16. The fraction of sp³-hybridized carbons (Fsp3) is 0.167. The first kappa shape index (κ1) is 20.9. The Balaban J connectivity index is 1.61. The average molecular weight is 459 g/mol. The molecule has 0 spiro atoms. The van der Waals surface area contributed by atoms with Gasteiger partial charge in [0.2, 0.25) is 0 Å². The van der Waals surface area contributed by atoms with E-state index in [1.807, 2.05) is 61.2 Å². The first-order valence-corrected chi connectivity index (χ1v) is 11.2. The number of thiazole rings is 1. The highest BCUT2D eigenvalue weighted by Gasteiger charge is 2.16. The average Bonchev–Trinajstić information content (AvgIpc) is 3.53. The van der Waals surface area contributed by atoms with E-state index in [0.717, 1.165) is 38.7 Å². The van der Waals surface area contributed by atoms with Crippen molar-refractivity contribution >= 4 is 33.7 Å². The number of aryl methyl sites for hydroxylation is 1. The molecule has 166 valence electrons. The molecule has 5 rings (SSSR count). The van der Waals surface area contributed by atoms with Crippen molar-refractivity contribution in [3.8, 4) is 22.8 Å². The SMILES string of the molecule is COc1cc(OC)cc(N(Cc2nccs2)c2ccc3ncc(-c4cnn(C)c4)nc3c2)c1. The molecule has 5 aromatic rings. The standard InChI is InChI=1S/C24H22N6O2S/c1-29-14-16(12-27-29)23-13-26-21-5-4-17(10-22(21)28-23)30(15-24-25-6-7-33-24)18-8-19(31-2)11-20(9-18)32-3/h4-14H,15H2,1-3H3. The van der Waals surface area contributed by atoms with Gasteiger partial charge in [0.15, 0.2) is 0 Å². The summed E-state index contributed by atoms with van der Waals surface area (Å²) in [4.78, 5) is 16.1. The molecule has 0 N–H and O–H groups in total. The third-order valence-electron chi connectivity index (χ3n) is 5.26. The largest absolute Gasteiger partial charge is 0.497 e. The molecule has 0 atom stereocenters. The van der Waals surface area contributed by atoms with E-state index < -0.39 is 0 Å². The third kappa shape index (κ3) is 4.35. The van der Waals surface area contributed by atoms with Gasteiger partial charge in [-0.15, -0.1) is 11.3 Å². The van der Waals surface area contributed by atoms with Crippen LogP contribution in [0.15, 0.2) is 66.6 Å². The molecule has 3 aromatic heterocycles. The molecule has 2 aromatic carbocycles. The fourth-order valence-corrected chi connectivity index (χ4v) is 4.21. The molecule has 0 unspecified atom stereocenters. The molecule has 0 saturated carbocycles. The van der Waals surface area contributed by atoms with Crippen LogP contribution in [0.3, 0.4) is 0 Å². The number of benzene rings is 2. The van der Waals surface area contributed by atoms with Gasteiger partial charge in [0.25, 0.3) is 0 Å². The molecule has 33 heavy (non-hydrogen) atoms. The maximum atomic E-state index is 5.51. The molecule has 0 fully saturated rings. The Morgan fingerprint density at radius 2 is 1.76 bits per heavy atom. The highest BCUT2D eigenvalue weighted by Crippen LogP contribution is 2.35. The zero-order chi connectivity index (χ0) is 22.8. The van der Waals surface area contributed by atoms with Crippen molar-refractivity contribution in [1.82, 2.24) is 24.7 Å². The summed E-state index contributed by atoms with van der Waals surface area (Å²) in [5, 5.41) is 7.21. The van der Waals surface area contributed by atoms with E-state index in [-0.39, 0.29) is 0 Å². The van der Waals surface area contributed by atoms with Gasteiger partial charge in [-0.1, -0.05) is 0 Å². The first-order chi connectivity index (χ1) is 16.1. The van der Waals surface area contributed by atoms with Crippen molar-refractivity contribution < 1.29 is 9.47 Å². The van der Waals surface area contributed by atoms with Gasteiger partial charge < -0.3 is 14.4 Å². The van der Waals surface area contributed by atoms with E-state index in [9.17, 15) is 0 Å². The van der Waals surface area contributed by atoms with Crippen LogP contribution in [0.1, 0.15) is 5.01 Å². The maximum absolute atomic E-state index is 5.51. The highest BCUT2D eigenvalue weighted by molar-refractivity contribution is 7.09. The van der Waals surface area contributed by atoms with Crippen molar-refractivity contribution in [2.24, 2.45) is 7.05 Å². The van der Waals surface area contributed by atoms with Gasteiger partial charge in [0.1, 0.15) is 16.5 Å². The van der Waals surface area contributed by atoms with Crippen LogP contribution in [-0.4, -0.2) is 39.0 Å². The van der Waals surface area contributed by atoms with Crippen LogP contribution in [0.4, 0.5) is 11.4 Å². The van der Waals surface area contributed by atoms with Crippen molar-refractivity contribution in [2.45, 2.75) is 6.54 Å². The van der Waals surface area contributed by atoms with Crippen LogP contribution in [0, 0.1) is 0 Å². The van der Waals surface area contributed by atoms with Gasteiger partial charge in [-0.3, -0.25) is 9.67 Å². The van der Waals surface area contributed by atoms with Crippen molar-refractivity contribution in [3.63, 3.8) is 0 Å². The Kier molecular flexibility index (Phi) is 5.62. The van der Waals surface area contributed by atoms with Crippen LogP contribution in [-0.2, 0) is 13.6 Å². The summed E-state index contributed by atoms with van der Waals surface area (Å²) >= 11 is 1.61. The van der Waals surface area contributed by atoms with E-state index in [0.29, 0.717) is 18.0 Å². The Morgan fingerprint density at radius 1 is 0.939 bits per heavy atom. The summed E-state index contributed by atoms with van der Waals surface area (Å²) in [5.41, 5.74) is 5.22. The van der Waals surface area contributed by atoms with Gasteiger partial charge in [-0.05, 0) is 18.2 Å². The van der Waals surface area contributed by atoms with Gasteiger partial charge >= 0.3 is 0 Å². The summed E-state index contributed by atoms with van der Waals surface area (Å²) in [6.45, 7) is 0.592. The van der Waals surface area contributed by atoms with E-state index in [1.54, 1.807) is 42.6 Å². The minimum absolute atomic E-state index is 0.592. The minimum Gasteiger partial charge on any atom is -0.497 e. The molecule has 3 heterocycles. The van der Waals surface area contributed by atoms with Crippen LogP contribution in [0.5, 0.6) is 11.5 Å². The van der Waals surface area contributed by atoms with Crippen molar-refractivity contribution in [3.05, 3.63) is 71.6 Å². The molecular weight excluding hydrogens is 436 g/mol. The van der Waals surface area contributed by atoms with E-state index in [1.165, 1.54) is 0 Å². The second kappa shape index (κ2) is 8.87. The Hall–Kier alpha value is -3.98. The number of aromatic nitrogens is 5. The van der Waals surface area contributed by atoms with Crippen LogP contribution >= 0.6 is 11.3 Å². The summed E-state index contributed by atoms with van der Waals surface area (Å²) in [7, 11) is 5.18. The second-order valence-corrected chi connectivity index (χ2v) is 8.39. The van der Waals surface area contributed by atoms with Gasteiger partial charge in [-0.25, -0.2) is 9.97 Å².